The molecule has 0 saturated carbocycles. The van der Waals surface area contributed by atoms with Gasteiger partial charge in [-0.1, -0.05) is 0 Å². The van der Waals surface area contributed by atoms with E-state index in [1.165, 1.54) is 0 Å². The van der Waals surface area contributed by atoms with Crippen LogP contribution in [0, 0.1) is 0 Å². The molecule has 1 aliphatic rings. The second-order valence-electron chi connectivity index (χ2n) is 2.27. The summed E-state index contributed by atoms with van der Waals surface area (Å²) in [5, 5.41) is 11.0. The zero-order valence-electron chi connectivity index (χ0n) is 5.67. The van der Waals surface area contributed by atoms with Crippen LogP contribution in [0.25, 0.3) is 0 Å². The molecule has 1 rings (SSSR count). The van der Waals surface area contributed by atoms with Gasteiger partial charge in [-0.15, -0.1) is 0 Å². The Bertz CT molecular complexity index is 126. The minimum Gasteiger partial charge on any atom is -0.444 e. The van der Waals surface area contributed by atoms with Crippen LogP contribution in [-0.2, 0) is 4.74 Å². The molecular formula is C6H11NO3. The Hall–Kier alpha value is -0.770. The second-order valence-corrected chi connectivity index (χ2v) is 2.27. The quantitative estimate of drug-likeness (QED) is 0.581. The van der Waals surface area contributed by atoms with Gasteiger partial charge in [0.15, 0.2) is 0 Å². The lowest BCUT2D eigenvalue weighted by molar-refractivity contribution is 0.129. The van der Waals surface area contributed by atoms with Gasteiger partial charge in [0.2, 0.25) is 0 Å². The maximum Gasteiger partial charge on any atom is 0.407 e. The lowest BCUT2D eigenvalue weighted by atomic mass is 10.2. The van der Waals surface area contributed by atoms with Crippen LogP contribution in [0.5, 0.6) is 0 Å². The van der Waals surface area contributed by atoms with Gasteiger partial charge in [0.25, 0.3) is 0 Å². The van der Waals surface area contributed by atoms with E-state index in [2.05, 4.69) is 5.32 Å². The van der Waals surface area contributed by atoms with Crippen LogP contribution in [0.3, 0.4) is 0 Å². The molecule has 1 fully saturated rings. The fraction of sp³-hybridized carbons (Fsp3) is 0.833. The fourth-order valence-electron chi connectivity index (χ4n) is 0.912. The van der Waals surface area contributed by atoms with E-state index < -0.39 is 0 Å². The number of carbonyl (C=O) groups is 1. The van der Waals surface area contributed by atoms with Crippen LogP contribution in [0.4, 0.5) is 4.79 Å². The minimum atomic E-state index is -0.345. The lowest BCUT2D eigenvalue weighted by Crippen LogP contribution is -2.15. The molecule has 0 aromatic carbocycles. The molecule has 0 aliphatic carbocycles. The number of alkyl carbamates (subject to hydrolysis) is 1. The molecule has 0 aromatic rings. The van der Waals surface area contributed by atoms with E-state index >= 15 is 0 Å². The Kier molecular flexibility index (Phi) is 2.50. The number of aliphatic hydroxyl groups is 1. The molecule has 0 spiro atoms. The lowest BCUT2D eigenvalue weighted by Gasteiger charge is -2.03. The van der Waals surface area contributed by atoms with Gasteiger partial charge < -0.3 is 15.2 Å². The SMILES string of the molecule is O=C1NCC(CCCO)O1. The highest BCUT2D eigenvalue weighted by atomic mass is 16.6. The molecule has 58 valence electrons. The smallest absolute Gasteiger partial charge is 0.407 e. The van der Waals surface area contributed by atoms with Crippen LogP contribution in [0.1, 0.15) is 12.8 Å². The molecule has 1 unspecified atom stereocenters. The Morgan fingerprint density at radius 3 is 3.10 bits per heavy atom. The number of hydrogen-bond acceptors (Lipinski definition) is 3. The molecule has 10 heavy (non-hydrogen) atoms. The number of ether oxygens (including phenoxy) is 1. The Morgan fingerprint density at radius 1 is 1.80 bits per heavy atom. The van der Waals surface area contributed by atoms with E-state index in [-0.39, 0.29) is 18.8 Å². The third kappa shape index (κ3) is 1.88. The zero-order valence-corrected chi connectivity index (χ0v) is 5.67. The molecule has 1 amide bonds. The van der Waals surface area contributed by atoms with E-state index in [1.807, 2.05) is 0 Å². The zero-order chi connectivity index (χ0) is 7.40. The molecule has 0 radical (unpaired) electrons. The number of nitrogens with one attached hydrogen (secondary N) is 1. The first-order chi connectivity index (χ1) is 4.83. The average molecular weight is 145 g/mol. The summed E-state index contributed by atoms with van der Waals surface area (Å²) in [6.45, 7) is 0.743. The molecule has 1 atom stereocenters. The van der Waals surface area contributed by atoms with Crippen molar-refractivity contribution >= 4 is 6.09 Å². The van der Waals surface area contributed by atoms with E-state index in [0.29, 0.717) is 13.0 Å². The molecule has 0 bridgehead atoms. The molecule has 1 aliphatic heterocycles. The van der Waals surface area contributed by atoms with Gasteiger partial charge in [0, 0.05) is 6.61 Å². The van der Waals surface area contributed by atoms with Crippen molar-refractivity contribution in [2.45, 2.75) is 18.9 Å². The summed E-state index contributed by atoms with van der Waals surface area (Å²) < 4.78 is 4.80. The highest BCUT2D eigenvalue weighted by Crippen LogP contribution is 2.05. The number of cyclic esters (lactones) is 1. The summed E-state index contributed by atoms with van der Waals surface area (Å²) in [4.78, 5) is 10.4. The highest BCUT2D eigenvalue weighted by Gasteiger charge is 2.21. The second kappa shape index (κ2) is 3.41. The van der Waals surface area contributed by atoms with Crippen LogP contribution in [0.2, 0.25) is 0 Å². The minimum absolute atomic E-state index is 0.0281. The molecule has 4 nitrogen and oxygen atoms in total. The fourth-order valence-corrected chi connectivity index (χ4v) is 0.912. The van der Waals surface area contributed by atoms with Crippen molar-refractivity contribution in [3.8, 4) is 0 Å². The summed E-state index contributed by atoms with van der Waals surface area (Å²) in [6, 6.07) is 0. The van der Waals surface area contributed by atoms with Crippen molar-refractivity contribution in [2.24, 2.45) is 0 Å². The van der Waals surface area contributed by atoms with Crippen molar-refractivity contribution in [1.29, 1.82) is 0 Å². The topological polar surface area (TPSA) is 58.6 Å². The molecule has 2 N–H and O–H groups in total. The third-order valence-electron chi connectivity index (χ3n) is 1.43. The number of hydrogen-bond donors (Lipinski definition) is 2. The molecule has 0 aromatic heterocycles. The van der Waals surface area contributed by atoms with Gasteiger partial charge in [-0.2, -0.15) is 0 Å². The van der Waals surface area contributed by atoms with Crippen molar-refractivity contribution < 1.29 is 14.6 Å². The van der Waals surface area contributed by atoms with Gasteiger partial charge in [0.05, 0.1) is 6.54 Å². The standard InChI is InChI=1S/C6H11NO3/c8-3-1-2-5-4-7-6(9)10-5/h5,8H,1-4H2,(H,7,9). The largest absolute Gasteiger partial charge is 0.444 e. The summed E-state index contributed by atoms with van der Waals surface area (Å²) in [5.74, 6) is 0. The first-order valence-corrected chi connectivity index (χ1v) is 3.38. The maximum absolute atomic E-state index is 10.4. The van der Waals surface area contributed by atoms with E-state index in [9.17, 15) is 4.79 Å². The number of aliphatic hydroxyl groups excluding tert-OH is 1. The predicted octanol–water partition coefficient (Wildman–Crippen LogP) is -0.133. The van der Waals surface area contributed by atoms with Crippen molar-refractivity contribution in [2.75, 3.05) is 13.2 Å². The van der Waals surface area contributed by atoms with Gasteiger partial charge >= 0.3 is 6.09 Å². The molecule has 4 heteroatoms. The average Bonchev–Trinajstić information content (AvgIpc) is 2.31. The molecule has 1 saturated heterocycles. The number of carbonyl (C=O) groups excluding carboxylic acids is 1. The third-order valence-corrected chi connectivity index (χ3v) is 1.43. The summed E-state index contributed by atoms with van der Waals surface area (Å²) in [6.07, 6.45) is 1.07. The first-order valence-electron chi connectivity index (χ1n) is 3.38. The number of amides is 1. The summed E-state index contributed by atoms with van der Waals surface area (Å²) in [5.41, 5.74) is 0. The predicted molar refractivity (Wildman–Crippen MR) is 34.6 cm³/mol. The Morgan fingerprint density at radius 2 is 2.60 bits per heavy atom. The van der Waals surface area contributed by atoms with E-state index in [0.717, 1.165) is 6.42 Å². The van der Waals surface area contributed by atoms with Gasteiger partial charge in [-0.05, 0) is 12.8 Å². The monoisotopic (exact) mass is 145 g/mol. The van der Waals surface area contributed by atoms with Crippen molar-refractivity contribution in [3.05, 3.63) is 0 Å². The summed E-state index contributed by atoms with van der Waals surface area (Å²) in [7, 11) is 0. The molecule has 1 heterocycles. The Labute approximate surface area is 59.2 Å². The highest BCUT2D eigenvalue weighted by molar-refractivity contribution is 5.69. The van der Waals surface area contributed by atoms with Gasteiger partial charge in [0.1, 0.15) is 6.10 Å². The van der Waals surface area contributed by atoms with Gasteiger partial charge in [-0.3, -0.25) is 0 Å². The Balaban J connectivity index is 2.12. The van der Waals surface area contributed by atoms with E-state index in [1.54, 1.807) is 0 Å². The van der Waals surface area contributed by atoms with E-state index in [4.69, 9.17) is 9.84 Å². The van der Waals surface area contributed by atoms with Gasteiger partial charge in [-0.25, -0.2) is 4.79 Å². The summed E-state index contributed by atoms with van der Waals surface area (Å²) >= 11 is 0. The van der Waals surface area contributed by atoms with Crippen LogP contribution >= 0.6 is 0 Å². The van der Waals surface area contributed by atoms with Crippen molar-refractivity contribution in [3.63, 3.8) is 0 Å². The van der Waals surface area contributed by atoms with Crippen molar-refractivity contribution in [1.82, 2.24) is 5.32 Å². The normalized spacial score (nSPS) is 24.1. The molecular weight excluding hydrogens is 134 g/mol. The first kappa shape index (κ1) is 7.34. The van der Waals surface area contributed by atoms with Crippen LogP contribution in [0.15, 0.2) is 0 Å². The maximum atomic E-state index is 10.4. The number of rotatable bonds is 3. The van der Waals surface area contributed by atoms with Crippen LogP contribution in [-0.4, -0.2) is 30.5 Å². The van der Waals surface area contributed by atoms with Crippen LogP contribution < -0.4 is 5.32 Å².